The van der Waals surface area contributed by atoms with Crippen molar-refractivity contribution in [2.24, 2.45) is 0 Å². The van der Waals surface area contributed by atoms with Gasteiger partial charge < -0.3 is 10.2 Å². The second-order valence-corrected chi connectivity index (χ2v) is 5.74. The predicted molar refractivity (Wildman–Crippen MR) is 74.5 cm³/mol. The van der Waals surface area contributed by atoms with E-state index in [0.717, 1.165) is 17.0 Å². The molecule has 0 aliphatic carbocycles. The average molecular weight is 244 g/mol. The molecule has 2 N–H and O–H groups in total. The van der Waals surface area contributed by atoms with Crippen LogP contribution in [-0.2, 0) is 5.41 Å². The zero-order valence-electron chi connectivity index (χ0n) is 11.7. The number of hydrogen-bond donors (Lipinski definition) is 1. The standard InChI is InChI=1S/C15H20N2O/c1-9-8-11(15(3,4)5)6-7-12(9)13-10(2)18-14(16)17-13/h6-8H,1-5H3,(H2,16,17). The first-order valence-electron chi connectivity index (χ1n) is 6.13. The van der Waals surface area contributed by atoms with Gasteiger partial charge in [-0.1, -0.05) is 39.0 Å². The lowest BCUT2D eigenvalue weighted by Gasteiger charge is -2.20. The molecule has 2 rings (SSSR count). The topological polar surface area (TPSA) is 52.0 Å². The Morgan fingerprint density at radius 1 is 1.17 bits per heavy atom. The van der Waals surface area contributed by atoms with Gasteiger partial charge in [0.25, 0.3) is 6.01 Å². The number of aryl methyl sites for hydroxylation is 2. The van der Waals surface area contributed by atoms with Gasteiger partial charge in [-0.05, 0) is 30.4 Å². The van der Waals surface area contributed by atoms with Gasteiger partial charge in [-0.3, -0.25) is 0 Å². The minimum absolute atomic E-state index is 0.154. The van der Waals surface area contributed by atoms with Crippen LogP contribution >= 0.6 is 0 Å². The Morgan fingerprint density at radius 3 is 2.28 bits per heavy atom. The fraction of sp³-hybridized carbons (Fsp3) is 0.400. The number of anilines is 1. The third-order valence-corrected chi connectivity index (χ3v) is 3.16. The van der Waals surface area contributed by atoms with Crippen LogP contribution in [0.3, 0.4) is 0 Å². The lowest BCUT2D eigenvalue weighted by atomic mass is 9.85. The smallest absolute Gasteiger partial charge is 0.292 e. The number of oxazole rings is 1. The Labute approximate surface area is 108 Å². The van der Waals surface area contributed by atoms with Crippen molar-refractivity contribution in [2.45, 2.75) is 40.0 Å². The molecule has 0 amide bonds. The normalized spacial score (nSPS) is 11.8. The molecule has 0 atom stereocenters. The number of nitrogens with zero attached hydrogens (tertiary/aromatic N) is 1. The van der Waals surface area contributed by atoms with Crippen LogP contribution in [0.5, 0.6) is 0 Å². The Bertz CT molecular complexity index is 577. The Kier molecular flexibility index (Phi) is 2.93. The van der Waals surface area contributed by atoms with E-state index in [4.69, 9.17) is 10.2 Å². The van der Waals surface area contributed by atoms with E-state index in [1.165, 1.54) is 11.1 Å². The summed E-state index contributed by atoms with van der Waals surface area (Å²) in [7, 11) is 0. The quantitative estimate of drug-likeness (QED) is 0.829. The summed E-state index contributed by atoms with van der Waals surface area (Å²) in [5.74, 6) is 0.763. The lowest BCUT2D eigenvalue weighted by molar-refractivity contribution is 0.548. The first-order valence-corrected chi connectivity index (χ1v) is 6.13. The van der Waals surface area contributed by atoms with Gasteiger partial charge in [0.2, 0.25) is 0 Å². The number of aromatic nitrogens is 1. The molecule has 0 aliphatic heterocycles. The molecule has 0 bridgehead atoms. The van der Waals surface area contributed by atoms with Crippen molar-refractivity contribution in [3.63, 3.8) is 0 Å². The molecule has 0 fully saturated rings. The van der Waals surface area contributed by atoms with E-state index in [1.54, 1.807) is 0 Å². The van der Waals surface area contributed by atoms with Gasteiger partial charge in [0.15, 0.2) is 0 Å². The maximum absolute atomic E-state index is 5.59. The van der Waals surface area contributed by atoms with Crippen LogP contribution in [-0.4, -0.2) is 4.98 Å². The average Bonchev–Trinajstić information content (AvgIpc) is 2.56. The second-order valence-electron chi connectivity index (χ2n) is 5.74. The number of benzene rings is 1. The van der Waals surface area contributed by atoms with Crippen molar-refractivity contribution in [3.05, 3.63) is 35.1 Å². The molecule has 0 unspecified atom stereocenters. The van der Waals surface area contributed by atoms with E-state index >= 15 is 0 Å². The number of nitrogens with two attached hydrogens (primary N) is 1. The third-order valence-electron chi connectivity index (χ3n) is 3.16. The van der Waals surface area contributed by atoms with Crippen molar-refractivity contribution in [1.82, 2.24) is 4.98 Å². The maximum Gasteiger partial charge on any atom is 0.292 e. The molecule has 3 nitrogen and oxygen atoms in total. The van der Waals surface area contributed by atoms with Crippen molar-refractivity contribution in [3.8, 4) is 11.3 Å². The summed E-state index contributed by atoms with van der Waals surface area (Å²) < 4.78 is 5.29. The van der Waals surface area contributed by atoms with E-state index in [2.05, 4.69) is 50.9 Å². The third kappa shape index (κ3) is 2.26. The SMILES string of the molecule is Cc1cc(C(C)(C)C)ccc1-c1nc(N)oc1C. The Morgan fingerprint density at radius 2 is 1.83 bits per heavy atom. The van der Waals surface area contributed by atoms with Crippen LogP contribution in [0.4, 0.5) is 6.01 Å². The summed E-state index contributed by atoms with van der Waals surface area (Å²) in [6.07, 6.45) is 0. The maximum atomic E-state index is 5.59. The number of nitrogen functional groups attached to an aromatic ring is 1. The molecular formula is C15H20N2O. The van der Waals surface area contributed by atoms with Gasteiger partial charge in [-0.2, -0.15) is 4.98 Å². The molecule has 0 aliphatic rings. The molecule has 18 heavy (non-hydrogen) atoms. The van der Waals surface area contributed by atoms with E-state index in [-0.39, 0.29) is 11.4 Å². The summed E-state index contributed by atoms with van der Waals surface area (Å²) in [6, 6.07) is 6.67. The van der Waals surface area contributed by atoms with Crippen molar-refractivity contribution < 1.29 is 4.42 Å². The van der Waals surface area contributed by atoms with E-state index < -0.39 is 0 Å². The zero-order valence-corrected chi connectivity index (χ0v) is 11.7. The van der Waals surface area contributed by atoms with Gasteiger partial charge >= 0.3 is 0 Å². The van der Waals surface area contributed by atoms with E-state index in [9.17, 15) is 0 Å². The largest absolute Gasteiger partial charge is 0.429 e. The molecule has 1 aromatic heterocycles. The zero-order chi connectivity index (χ0) is 13.5. The highest BCUT2D eigenvalue weighted by Crippen LogP contribution is 2.31. The molecule has 0 radical (unpaired) electrons. The highest BCUT2D eigenvalue weighted by atomic mass is 16.4. The summed E-state index contributed by atoms with van der Waals surface area (Å²) in [5.41, 5.74) is 10.2. The number of hydrogen-bond acceptors (Lipinski definition) is 3. The molecule has 3 heteroatoms. The summed E-state index contributed by atoms with van der Waals surface area (Å²) in [6.45, 7) is 10.6. The molecule has 96 valence electrons. The van der Waals surface area contributed by atoms with Crippen LogP contribution in [0.15, 0.2) is 22.6 Å². The minimum Gasteiger partial charge on any atom is -0.429 e. The lowest BCUT2D eigenvalue weighted by Crippen LogP contribution is -2.11. The van der Waals surface area contributed by atoms with Crippen LogP contribution in [0, 0.1) is 13.8 Å². The van der Waals surface area contributed by atoms with Crippen LogP contribution in [0.25, 0.3) is 11.3 Å². The minimum atomic E-state index is 0.154. The van der Waals surface area contributed by atoms with Gasteiger partial charge in [-0.15, -0.1) is 0 Å². The van der Waals surface area contributed by atoms with E-state index in [0.29, 0.717) is 0 Å². The van der Waals surface area contributed by atoms with Gasteiger partial charge in [0, 0.05) is 5.56 Å². The van der Waals surface area contributed by atoms with Crippen molar-refractivity contribution in [2.75, 3.05) is 5.73 Å². The fourth-order valence-corrected chi connectivity index (χ4v) is 2.06. The summed E-state index contributed by atoms with van der Waals surface area (Å²) in [5, 5.41) is 0. The van der Waals surface area contributed by atoms with Gasteiger partial charge in [0.1, 0.15) is 11.5 Å². The fourth-order valence-electron chi connectivity index (χ4n) is 2.06. The van der Waals surface area contributed by atoms with Crippen molar-refractivity contribution in [1.29, 1.82) is 0 Å². The van der Waals surface area contributed by atoms with Gasteiger partial charge in [-0.25, -0.2) is 0 Å². The summed E-state index contributed by atoms with van der Waals surface area (Å²) in [4.78, 5) is 4.24. The Hall–Kier alpha value is -1.77. The molecule has 1 heterocycles. The predicted octanol–water partition coefficient (Wildman–Crippen LogP) is 3.84. The van der Waals surface area contributed by atoms with Crippen LogP contribution < -0.4 is 5.73 Å². The molecule has 2 aromatic rings. The molecule has 0 saturated carbocycles. The molecule has 1 aromatic carbocycles. The first kappa shape index (κ1) is 12.7. The highest BCUT2D eigenvalue weighted by molar-refractivity contribution is 5.66. The second kappa shape index (κ2) is 4.16. The first-order chi connectivity index (χ1) is 8.29. The molecule has 0 saturated heterocycles. The van der Waals surface area contributed by atoms with Gasteiger partial charge in [0.05, 0.1) is 0 Å². The number of rotatable bonds is 1. The molecular weight excluding hydrogens is 224 g/mol. The highest BCUT2D eigenvalue weighted by Gasteiger charge is 2.17. The van der Waals surface area contributed by atoms with Crippen LogP contribution in [0.2, 0.25) is 0 Å². The van der Waals surface area contributed by atoms with Crippen molar-refractivity contribution >= 4 is 6.01 Å². The summed E-state index contributed by atoms with van der Waals surface area (Å²) >= 11 is 0. The monoisotopic (exact) mass is 244 g/mol. The molecule has 0 spiro atoms. The Balaban J connectivity index is 2.51. The van der Waals surface area contributed by atoms with Crippen LogP contribution in [0.1, 0.15) is 37.7 Å². The van der Waals surface area contributed by atoms with E-state index in [1.807, 2.05) is 6.92 Å².